The van der Waals surface area contributed by atoms with Crippen LogP contribution in [0.15, 0.2) is 54.0 Å². The Morgan fingerprint density at radius 2 is 1.94 bits per heavy atom. The molecule has 2 heterocycles. The van der Waals surface area contributed by atoms with Crippen molar-refractivity contribution >= 4 is 11.6 Å². The molecule has 0 bridgehead atoms. The van der Waals surface area contributed by atoms with Gasteiger partial charge in [-0.05, 0) is 56.3 Å². The first kappa shape index (κ1) is 24.7. The Morgan fingerprint density at radius 3 is 2.61 bits per heavy atom. The number of carbonyl (C=O) groups is 1. The van der Waals surface area contributed by atoms with Gasteiger partial charge in [0.05, 0.1) is 13.2 Å². The van der Waals surface area contributed by atoms with E-state index in [-0.39, 0.29) is 17.7 Å². The third kappa shape index (κ3) is 7.04. The van der Waals surface area contributed by atoms with E-state index in [4.69, 9.17) is 5.11 Å². The minimum absolute atomic E-state index is 0.114. The van der Waals surface area contributed by atoms with Crippen LogP contribution in [0.4, 0.5) is 0 Å². The first-order valence-corrected chi connectivity index (χ1v) is 11.8. The molecule has 1 aromatic heterocycles. The van der Waals surface area contributed by atoms with E-state index in [1.165, 1.54) is 19.9 Å². The van der Waals surface area contributed by atoms with Gasteiger partial charge in [-0.25, -0.2) is 0 Å². The maximum atomic E-state index is 12.9. The Kier molecular flexibility index (Phi) is 9.27. The van der Waals surface area contributed by atoms with Crippen molar-refractivity contribution in [2.24, 2.45) is 5.92 Å². The molecule has 1 aromatic carbocycles. The molecule has 178 valence electrons. The van der Waals surface area contributed by atoms with Crippen LogP contribution in [0.3, 0.4) is 0 Å². The second-order valence-electron chi connectivity index (χ2n) is 8.70. The van der Waals surface area contributed by atoms with E-state index in [9.17, 15) is 9.59 Å². The summed E-state index contributed by atoms with van der Waals surface area (Å²) in [5.74, 6) is 0.326. The molecule has 0 saturated carbocycles. The molecule has 1 amide bonds. The highest BCUT2D eigenvalue weighted by Gasteiger charge is 2.18. The summed E-state index contributed by atoms with van der Waals surface area (Å²) in [6.45, 7) is 8.48. The van der Waals surface area contributed by atoms with E-state index < -0.39 is 5.91 Å². The van der Waals surface area contributed by atoms with Crippen molar-refractivity contribution in [1.82, 2.24) is 20.1 Å². The van der Waals surface area contributed by atoms with Gasteiger partial charge in [-0.3, -0.25) is 9.59 Å². The predicted octanol–water partition coefficient (Wildman–Crippen LogP) is 2.30. The van der Waals surface area contributed by atoms with Gasteiger partial charge in [0.15, 0.2) is 0 Å². The average molecular weight is 453 g/mol. The second-order valence-corrected chi connectivity index (χ2v) is 8.70. The van der Waals surface area contributed by atoms with Crippen molar-refractivity contribution in [1.29, 1.82) is 0 Å². The highest BCUT2D eigenvalue weighted by molar-refractivity contribution is 5.94. The van der Waals surface area contributed by atoms with E-state index in [1.54, 1.807) is 16.8 Å². The Labute approximate surface area is 196 Å². The SMILES string of the molecule is C=C(NCCCC1CCN(CCO)CC1)c1cc(C(=O)NC)c(=O)n(Cc2ccccc2)c1. The number of carbonyl (C=O) groups excluding carboxylic acids is 1. The first-order valence-electron chi connectivity index (χ1n) is 11.8. The topological polar surface area (TPSA) is 86.6 Å². The number of hydrogen-bond acceptors (Lipinski definition) is 5. The van der Waals surface area contributed by atoms with E-state index >= 15 is 0 Å². The number of β-amino-alcohol motifs (C(OH)–C–C–N with tert-alkyl or cyclic N) is 1. The van der Waals surface area contributed by atoms with Crippen LogP contribution in [0.1, 0.15) is 47.2 Å². The molecule has 7 nitrogen and oxygen atoms in total. The number of likely N-dealkylation sites (tertiary alicyclic amines) is 1. The molecule has 33 heavy (non-hydrogen) atoms. The number of nitrogens with one attached hydrogen (secondary N) is 2. The van der Waals surface area contributed by atoms with Crippen molar-refractivity contribution in [3.63, 3.8) is 0 Å². The summed E-state index contributed by atoms with van der Waals surface area (Å²) in [6, 6.07) is 11.3. The lowest BCUT2D eigenvalue weighted by atomic mass is 9.92. The van der Waals surface area contributed by atoms with Gasteiger partial charge in [0.1, 0.15) is 5.56 Å². The monoisotopic (exact) mass is 452 g/mol. The third-order valence-electron chi connectivity index (χ3n) is 6.35. The lowest BCUT2D eigenvalue weighted by molar-refractivity contribution is 0.0961. The number of aromatic nitrogens is 1. The summed E-state index contributed by atoms with van der Waals surface area (Å²) in [5, 5.41) is 15.0. The van der Waals surface area contributed by atoms with Crippen molar-refractivity contribution < 1.29 is 9.90 Å². The molecular formula is C26H36N4O3. The fourth-order valence-electron chi connectivity index (χ4n) is 4.37. The van der Waals surface area contributed by atoms with E-state index in [0.29, 0.717) is 12.2 Å². The summed E-state index contributed by atoms with van der Waals surface area (Å²) in [6.07, 6.45) is 6.33. The molecule has 1 aliphatic heterocycles. The molecule has 1 aliphatic rings. The minimum atomic E-state index is -0.399. The lowest BCUT2D eigenvalue weighted by Gasteiger charge is -2.31. The standard InChI is InChI=1S/C26H36N4O3/c1-20(28-12-6-9-21-10-13-29(14-11-21)15-16-31)23-17-24(25(32)27-2)26(33)30(19-23)18-22-7-4-3-5-8-22/h3-5,7-8,17,19,21,28,31H,1,6,9-16,18H2,2H3,(H,27,32). The summed E-state index contributed by atoms with van der Waals surface area (Å²) in [7, 11) is 1.53. The fourth-order valence-corrected chi connectivity index (χ4v) is 4.37. The quantitative estimate of drug-likeness (QED) is 0.456. The first-order chi connectivity index (χ1) is 16.0. The number of benzene rings is 1. The van der Waals surface area contributed by atoms with Crippen molar-refractivity contribution in [2.75, 3.05) is 39.8 Å². The maximum absolute atomic E-state index is 12.9. The maximum Gasteiger partial charge on any atom is 0.263 e. The number of hydrogen-bond donors (Lipinski definition) is 3. The van der Waals surface area contributed by atoms with Gasteiger partial charge in [-0.15, -0.1) is 0 Å². The number of piperidine rings is 1. The largest absolute Gasteiger partial charge is 0.395 e. The zero-order chi connectivity index (χ0) is 23.6. The molecule has 0 aliphatic carbocycles. The molecule has 1 fully saturated rings. The molecule has 1 saturated heterocycles. The predicted molar refractivity (Wildman–Crippen MR) is 132 cm³/mol. The summed E-state index contributed by atoms with van der Waals surface area (Å²) < 4.78 is 1.57. The lowest BCUT2D eigenvalue weighted by Crippen LogP contribution is -2.35. The number of rotatable bonds is 11. The smallest absolute Gasteiger partial charge is 0.263 e. The van der Waals surface area contributed by atoms with Gasteiger partial charge in [0.2, 0.25) is 0 Å². The summed E-state index contributed by atoms with van der Waals surface area (Å²) >= 11 is 0. The van der Waals surface area contributed by atoms with Gasteiger partial charge < -0.3 is 25.2 Å². The van der Waals surface area contributed by atoms with E-state index in [1.807, 2.05) is 30.3 Å². The van der Waals surface area contributed by atoms with Crippen LogP contribution in [0.25, 0.3) is 5.70 Å². The van der Waals surface area contributed by atoms with Crippen molar-refractivity contribution in [3.05, 3.63) is 76.2 Å². The third-order valence-corrected chi connectivity index (χ3v) is 6.35. The fraction of sp³-hybridized carbons (Fsp3) is 0.462. The van der Waals surface area contributed by atoms with Gasteiger partial charge in [-0.2, -0.15) is 0 Å². The number of aliphatic hydroxyl groups excluding tert-OH is 1. The van der Waals surface area contributed by atoms with Gasteiger partial charge >= 0.3 is 0 Å². The zero-order valence-corrected chi connectivity index (χ0v) is 19.6. The van der Waals surface area contributed by atoms with Crippen LogP contribution in [0.2, 0.25) is 0 Å². The van der Waals surface area contributed by atoms with Crippen LogP contribution in [0, 0.1) is 5.92 Å². The van der Waals surface area contributed by atoms with Crippen molar-refractivity contribution in [3.8, 4) is 0 Å². The number of amides is 1. The Bertz CT molecular complexity index is 979. The second kappa shape index (κ2) is 12.4. The molecule has 2 aromatic rings. The molecule has 3 N–H and O–H groups in total. The Hall–Kier alpha value is -2.90. The van der Waals surface area contributed by atoms with Crippen LogP contribution in [-0.2, 0) is 6.54 Å². The van der Waals surface area contributed by atoms with E-state index in [2.05, 4.69) is 22.1 Å². The molecule has 3 rings (SSSR count). The molecule has 0 unspecified atom stereocenters. The van der Waals surface area contributed by atoms with Crippen molar-refractivity contribution in [2.45, 2.75) is 32.2 Å². The Morgan fingerprint density at radius 1 is 1.21 bits per heavy atom. The molecule has 7 heteroatoms. The molecular weight excluding hydrogens is 416 g/mol. The van der Waals surface area contributed by atoms with Crippen LogP contribution >= 0.6 is 0 Å². The van der Waals surface area contributed by atoms with Gasteiger partial charge in [-0.1, -0.05) is 36.9 Å². The van der Waals surface area contributed by atoms with Crippen LogP contribution < -0.4 is 16.2 Å². The minimum Gasteiger partial charge on any atom is -0.395 e. The summed E-state index contributed by atoms with van der Waals surface area (Å²) in [5.41, 5.74) is 2.23. The average Bonchev–Trinajstić information content (AvgIpc) is 2.84. The molecule has 0 spiro atoms. The van der Waals surface area contributed by atoms with E-state index in [0.717, 1.165) is 56.1 Å². The van der Waals surface area contributed by atoms with Gasteiger partial charge in [0, 0.05) is 37.6 Å². The molecule has 0 radical (unpaired) electrons. The van der Waals surface area contributed by atoms with Gasteiger partial charge in [0.25, 0.3) is 11.5 Å². The normalized spacial score (nSPS) is 14.7. The number of pyridine rings is 1. The summed E-state index contributed by atoms with van der Waals surface area (Å²) in [4.78, 5) is 27.5. The van der Waals surface area contributed by atoms with Crippen LogP contribution in [-0.4, -0.2) is 60.3 Å². The number of nitrogens with zero attached hydrogens (tertiary/aromatic N) is 2. The Balaban J connectivity index is 1.60. The zero-order valence-electron chi connectivity index (χ0n) is 19.6. The van der Waals surface area contributed by atoms with Crippen LogP contribution in [0.5, 0.6) is 0 Å². The highest BCUT2D eigenvalue weighted by atomic mass is 16.3. The number of aliphatic hydroxyl groups is 1. The highest BCUT2D eigenvalue weighted by Crippen LogP contribution is 2.21. The molecule has 0 atom stereocenters.